The molecule has 0 aromatic carbocycles. The van der Waals surface area contributed by atoms with Crippen LogP contribution in [-0.2, 0) is 16.3 Å². The lowest BCUT2D eigenvalue weighted by Crippen LogP contribution is -2.29. The minimum Gasteiger partial charge on any atom is -0.317 e. The Bertz CT molecular complexity index is 403. The molecule has 0 bridgehead atoms. The number of aromatic nitrogens is 1. The highest BCUT2D eigenvalue weighted by molar-refractivity contribution is 7.90. The van der Waals surface area contributed by atoms with Crippen molar-refractivity contribution in [2.75, 3.05) is 19.1 Å². The predicted molar refractivity (Wildman–Crippen MR) is 65.1 cm³/mol. The van der Waals surface area contributed by atoms with Crippen LogP contribution >= 0.6 is 0 Å². The number of hydrogen-bond donors (Lipinski definition) is 1. The van der Waals surface area contributed by atoms with E-state index in [2.05, 4.69) is 10.3 Å². The second-order valence-corrected chi connectivity index (χ2v) is 6.23. The molecule has 5 heteroatoms. The van der Waals surface area contributed by atoms with Gasteiger partial charge < -0.3 is 5.32 Å². The first-order valence-corrected chi connectivity index (χ1v) is 7.31. The number of likely N-dealkylation sites (N-methyl/N-ethyl adjacent to an activating group) is 1. The fraction of sp³-hybridized carbons (Fsp3) is 0.545. The van der Waals surface area contributed by atoms with Gasteiger partial charge in [-0.05, 0) is 31.5 Å². The van der Waals surface area contributed by atoms with Crippen molar-refractivity contribution in [1.29, 1.82) is 0 Å². The lowest BCUT2D eigenvalue weighted by molar-refractivity contribution is 0.534. The number of pyridine rings is 1. The Morgan fingerprint density at radius 3 is 2.75 bits per heavy atom. The van der Waals surface area contributed by atoms with E-state index in [0.29, 0.717) is 6.42 Å². The van der Waals surface area contributed by atoms with Gasteiger partial charge in [-0.1, -0.05) is 6.07 Å². The highest BCUT2D eigenvalue weighted by atomic mass is 32.2. The fourth-order valence-electron chi connectivity index (χ4n) is 1.51. The summed E-state index contributed by atoms with van der Waals surface area (Å²) in [4.78, 5) is 4.03. The fourth-order valence-corrected chi connectivity index (χ4v) is 2.22. The summed E-state index contributed by atoms with van der Waals surface area (Å²) < 4.78 is 22.1. The first kappa shape index (κ1) is 13.1. The Labute approximate surface area is 97.0 Å². The molecule has 1 heterocycles. The van der Waals surface area contributed by atoms with E-state index in [1.54, 1.807) is 6.20 Å². The molecule has 0 spiro atoms. The molecule has 1 atom stereocenters. The van der Waals surface area contributed by atoms with E-state index in [9.17, 15) is 8.42 Å². The highest BCUT2D eigenvalue weighted by Crippen LogP contribution is 2.05. The maximum atomic E-state index is 11.1. The lowest BCUT2D eigenvalue weighted by atomic mass is 10.1. The van der Waals surface area contributed by atoms with Crippen molar-refractivity contribution < 1.29 is 8.42 Å². The molecule has 1 rings (SSSR count). The molecular formula is C11H18N2O2S. The minimum absolute atomic E-state index is 0.180. The van der Waals surface area contributed by atoms with Crippen LogP contribution in [0.3, 0.4) is 0 Å². The van der Waals surface area contributed by atoms with E-state index in [1.807, 2.05) is 25.4 Å². The van der Waals surface area contributed by atoms with Crippen LogP contribution in [0.4, 0.5) is 0 Å². The molecule has 4 nitrogen and oxygen atoms in total. The molecule has 1 unspecified atom stereocenters. The average Bonchev–Trinajstić information content (AvgIpc) is 2.24. The van der Waals surface area contributed by atoms with Gasteiger partial charge in [0.2, 0.25) is 0 Å². The number of sulfone groups is 1. The molecule has 1 N–H and O–H groups in total. The minimum atomic E-state index is -2.88. The summed E-state index contributed by atoms with van der Waals surface area (Å²) in [5.74, 6) is 0.221. The van der Waals surface area contributed by atoms with Crippen LogP contribution in [0.1, 0.15) is 12.0 Å². The quantitative estimate of drug-likeness (QED) is 0.795. The van der Waals surface area contributed by atoms with Gasteiger partial charge in [0.05, 0.1) is 5.75 Å². The number of rotatable bonds is 6. The largest absolute Gasteiger partial charge is 0.317 e. The van der Waals surface area contributed by atoms with Gasteiger partial charge in [0, 0.05) is 24.7 Å². The van der Waals surface area contributed by atoms with E-state index < -0.39 is 9.84 Å². The van der Waals surface area contributed by atoms with Crippen molar-refractivity contribution in [3.05, 3.63) is 30.1 Å². The normalized spacial score (nSPS) is 13.6. The van der Waals surface area contributed by atoms with E-state index in [1.165, 1.54) is 6.26 Å². The zero-order valence-corrected chi connectivity index (χ0v) is 10.5. The van der Waals surface area contributed by atoms with Crippen molar-refractivity contribution in [1.82, 2.24) is 10.3 Å². The highest BCUT2D eigenvalue weighted by Gasteiger charge is 2.11. The second-order valence-electron chi connectivity index (χ2n) is 3.97. The second kappa shape index (κ2) is 5.96. The van der Waals surface area contributed by atoms with Gasteiger partial charge in [0.25, 0.3) is 0 Å². The number of nitrogens with one attached hydrogen (secondary N) is 1. The van der Waals surface area contributed by atoms with Crippen molar-refractivity contribution in [2.45, 2.75) is 18.9 Å². The van der Waals surface area contributed by atoms with Crippen molar-refractivity contribution >= 4 is 9.84 Å². The number of hydrogen-bond acceptors (Lipinski definition) is 4. The van der Waals surface area contributed by atoms with Crippen LogP contribution in [0.2, 0.25) is 0 Å². The van der Waals surface area contributed by atoms with Crippen LogP contribution in [0.15, 0.2) is 24.5 Å². The molecule has 0 saturated heterocycles. The van der Waals surface area contributed by atoms with Crippen LogP contribution < -0.4 is 5.32 Å². The predicted octanol–water partition coefficient (Wildman–Crippen LogP) is 0.647. The molecule has 0 aliphatic carbocycles. The summed E-state index contributed by atoms with van der Waals surface area (Å²) >= 11 is 0. The third-order valence-electron chi connectivity index (χ3n) is 2.45. The van der Waals surface area contributed by atoms with E-state index in [0.717, 1.165) is 12.0 Å². The van der Waals surface area contributed by atoms with E-state index in [-0.39, 0.29) is 11.8 Å². The zero-order valence-electron chi connectivity index (χ0n) is 9.68. The molecule has 16 heavy (non-hydrogen) atoms. The molecule has 1 aromatic heterocycles. The Morgan fingerprint density at radius 2 is 2.25 bits per heavy atom. The van der Waals surface area contributed by atoms with Crippen LogP contribution in [0.5, 0.6) is 0 Å². The Hall–Kier alpha value is -0.940. The van der Waals surface area contributed by atoms with E-state index in [4.69, 9.17) is 0 Å². The summed E-state index contributed by atoms with van der Waals surface area (Å²) in [5.41, 5.74) is 1.12. The summed E-state index contributed by atoms with van der Waals surface area (Å²) in [5, 5.41) is 3.13. The molecule has 0 aliphatic rings. The monoisotopic (exact) mass is 242 g/mol. The Balaban J connectivity index is 2.50. The van der Waals surface area contributed by atoms with E-state index >= 15 is 0 Å². The van der Waals surface area contributed by atoms with Crippen LogP contribution in [0.25, 0.3) is 0 Å². The first-order chi connectivity index (χ1) is 7.51. The summed E-state index contributed by atoms with van der Waals surface area (Å²) in [6.07, 6.45) is 6.24. The van der Waals surface area contributed by atoms with Gasteiger partial charge in [0.1, 0.15) is 9.84 Å². The average molecular weight is 242 g/mol. The molecule has 90 valence electrons. The molecule has 0 amide bonds. The van der Waals surface area contributed by atoms with Gasteiger partial charge in [-0.15, -0.1) is 0 Å². The first-order valence-electron chi connectivity index (χ1n) is 5.25. The zero-order chi connectivity index (χ0) is 12.0. The van der Waals surface area contributed by atoms with Crippen molar-refractivity contribution in [3.8, 4) is 0 Å². The summed E-state index contributed by atoms with van der Waals surface area (Å²) in [6, 6.07) is 4.06. The lowest BCUT2D eigenvalue weighted by Gasteiger charge is -2.15. The standard InChI is InChI=1S/C11H18N2O2S/c1-12-11(5-7-16(2,14)15)8-10-4-3-6-13-9-10/h3-4,6,9,11-12H,5,7-8H2,1-2H3. The van der Waals surface area contributed by atoms with Gasteiger partial charge in [0.15, 0.2) is 0 Å². The van der Waals surface area contributed by atoms with Gasteiger partial charge in [-0.25, -0.2) is 8.42 Å². The van der Waals surface area contributed by atoms with Crippen molar-refractivity contribution in [3.63, 3.8) is 0 Å². The molecule has 0 aliphatic heterocycles. The molecule has 0 saturated carbocycles. The summed E-state index contributed by atoms with van der Waals surface area (Å²) in [7, 11) is -1.03. The summed E-state index contributed by atoms with van der Waals surface area (Å²) in [6.45, 7) is 0. The Morgan fingerprint density at radius 1 is 1.50 bits per heavy atom. The third-order valence-corrected chi connectivity index (χ3v) is 3.43. The molecule has 1 aromatic rings. The van der Waals surface area contributed by atoms with Crippen LogP contribution in [-0.4, -0.2) is 38.5 Å². The van der Waals surface area contributed by atoms with Gasteiger partial charge in [-0.2, -0.15) is 0 Å². The number of nitrogens with zero attached hydrogens (tertiary/aromatic N) is 1. The maximum absolute atomic E-state index is 11.1. The SMILES string of the molecule is CNC(CCS(C)(=O)=O)Cc1cccnc1. The molecule has 0 fully saturated rings. The maximum Gasteiger partial charge on any atom is 0.147 e. The Kier molecular flexibility index (Phi) is 4.89. The molecule has 0 radical (unpaired) electrons. The van der Waals surface area contributed by atoms with Crippen molar-refractivity contribution in [2.24, 2.45) is 0 Å². The smallest absolute Gasteiger partial charge is 0.147 e. The topological polar surface area (TPSA) is 59.1 Å². The van der Waals surface area contributed by atoms with Crippen LogP contribution in [0, 0.1) is 0 Å². The molecular weight excluding hydrogens is 224 g/mol. The van der Waals surface area contributed by atoms with Gasteiger partial charge in [-0.3, -0.25) is 4.98 Å². The third kappa shape index (κ3) is 5.23. The van der Waals surface area contributed by atoms with Gasteiger partial charge >= 0.3 is 0 Å².